The van der Waals surface area contributed by atoms with Crippen LogP contribution in [0, 0.1) is 0 Å². The lowest BCUT2D eigenvalue weighted by atomic mass is 9.93. The van der Waals surface area contributed by atoms with Crippen molar-refractivity contribution in [3.8, 4) is 0 Å². The summed E-state index contributed by atoms with van der Waals surface area (Å²) in [6.45, 7) is 6.77. The van der Waals surface area contributed by atoms with E-state index in [4.69, 9.17) is 9.16 Å². The summed E-state index contributed by atoms with van der Waals surface area (Å²) >= 11 is 0. The van der Waals surface area contributed by atoms with Crippen LogP contribution >= 0.6 is 0 Å². The van der Waals surface area contributed by atoms with E-state index in [1.807, 2.05) is 66.7 Å². The van der Waals surface area contributed by atoms with E-state index < -0.39 is 32.7 Å². The van der Waals surface area contributed by atoms with Gasteiger partial charge in [-0.3, -0.25) is 4.79 Å². The molecule has 0 unspecified atom stereocenters. The SMILES string of the molecule is CC(C)(C)[Si](OC[C@H](O)[C@H](O)[C@@H]1NC(=O)CC[C@H]1OCc1ccccc1)(c1ccccc1)c1ccccc1. The van der Waals surface area contributed by atoms with Crippen LogP contribution in [0.5, 0.6) is 0 Å². The molecule has 1 aliphatic rings. The molecule has 0 saturated carbocycles. The van der Waals surface area contributed by atoms with Crippen molar-refractivity contribution < 1.29 is 24.2 Å². The Morgan fingerprint density at radius 1 is 0.895 bits per heavy atom. The first-order valence-electron chi connectivity index (χ1n) is 13.3. The lowest BCUT2D eigenvalue weighted by molar-refractivity contribution is -0.135. The van der Waals surface area contributed by atoms with Crippen LogP contribution in [-0.2, 0) is 20.6 Å². The van der Waals surface area contributed by atoms with E-state index in [0.29, 0.717) is 19.4 Å². The number of carbonyl (C=O) groups is 1. The summed E-state index contributed by atoms with van der Waals surface area (Å²) in [5, 5.41) is 27.3. The third-order valence-corrected chi connectivity index (χ3v) is 12.3. The Labute approximate surface area is 226 Å². The van der Waals surface area contributed by atoms with Gasteiger partial charge in [-0.2, -0.15) is 0 Å². The number of hydrogen-bond acceptors (Lipinski definition) is 5. The molecule has 7 heteroatoms. The molecule has 1 fully saturated rings. The molecule has 0 radical (unpaired) electrons. The maximum absolute atomic E-state index is 12.3. The fourth-order valence-electron chi connectivity index (χ4n) is 5.38. The Morgan fingerprint density at radius 3 is 1.95 bits per heavy atom. The van der Waals surface area contributed by atoms with Gasteiger partial charge in [0.1, 0.15) is 12.2 Å². The first-order valence-corrected chi connectivity index (χ1v) is 15.2. The molecule has 1 aliphatic heterocycles. The Balaban J connectivity index is 1.55. The van der Waals surface area contributed by atoms with E-state index in [1.54, 1.807) is 0 Å². The number of piperidine rings is 1. The van der Waals surface area contributed by atoms with Gasteiger partial charge in [0.25, 0.3) is 8.32 Å². The second-order valence-corrected chi connectivity index (χ2v) is 15.3. The zero-order chi connectivity index (χ0) is 27.2. The number of aliphatic hydroxyl groups excluding tert-OH is 2. The highest BCUT2D eigenvalue weighted by Gasteiger charge is 2.51. The standard InChI is InChI=1S/C31H39NO5Si/c1-31(2,3)38(24-15-9-5-10-16-24,25-17-11-6-12-18-25)37-22-26(33)30(35)29-27(19-20-28(34)32-29)36-21-23-13-7-4-8-14-23/h4-18,26-27,29-30,33,35H,19-22H2,1-3H3,(H,32,34)/t26-,27+,29+,30-/m0/s1. The van der Waals surface area contributed by atoms with Crippen LogP contribution in [0.4, 0.5) is 0 Å². The minimum atomic E-state index is -2.89. The van der Waals surface area contributed by atoms with Crippen molar-refractivity contribution in [1.29, 1.82) is 0 Å². The highest BCUT2D eigenvalue weighted by molar-refractivity contribution is 6.99. The molecule has 38 heavy (non-hydrogen) atoms. The van der Waals surface area contributed by atoms with Crippen LogP contribution in [-0.4, -0.2) is 55.4 Å². The molecule has 4 atom stereocenters. The number of nitrogens with one attached hydrogen (secondary N) is 1. The molecule has 4 rings (SSSR count). The minimum absolute atomic E-state index is 0.0772. The quantitative estimate of drug-likeness (QED) is 0.349. The summed E-state index contributed by atoms with van der Waals surface area (Å²) in [7, 11) is -2.89. The topological polar surface area (TPSA) is 88.0 Å². The van der Waals surface area contributed by atoms with Gasteiger partial charge in [0.2, 0.25) is 5.91 Å². The Hall–Kier alpha value is -2.81. The summed E-state index contributed by atoms with van der Waals surface area (Å²) in [4.78, 5) is 12.3. The second kappa shape index (κ2) is 12.4. The molecule has 0 aliphatic carbocycles. The van der Waals surface area contributed by atoms with E-state index in [9.17, 15) is 15.0 Å². The van der Waals surface area contributed by atoms with E-state index in [1.165, 1.54) is 0 Å². The van der Waals surface area contributed by atoms with Gasteiger partial charge in [0.15, 0.2) is 0 Å². The highest BCUT2D eigenvalue weighted by atomic mass is 28.4. The molecule has 1 saturated heterocycles. The summed E-state index contributed by atoms with van der Waals surface area (Å²) in [6, 6.07) is 29.4. The smallest absolute Gasteiger partial charge is 0.261 e. The number of hydrogen-bond donors (Lipinski definition) is 3. The Bertz CT molecular complexity index is 1110. The summed E-state index contributed by atoms with van der Waals surface area (Å²) in [6.07, 6.45) is -2.11. The first-order chi connectivity index (χ1) is 18.2. The molecule has 6 nitrogen and oxygen atoms in total. The largest absolute Gasteiger partial charge is 0.405 e. The summed E-state index contributed by atoms with van der Waals surface area (Å²) in [5.74, 6) is -0.159. The highest BCUT2D eigenvalue weighted by Crippen LogP contribution is 2.37. The minimum Gasteiger partial charge on any atom is -0.405 e. The van der Waals surface area contributed by atoms with Gasteiger partial charge in [0.05, 0.1) is 25.4 Å². The van der Waals surface area contributed by atoms with Gasteiger partial charge in [-0.1, -0.05) is 112 Å². The van der Waals surface area contributed by atoms with Crippen LogP contribution in [0.25, 0.3) is 0 Å². The van der Waals surface area contributed by atoms with E-state index >= 15 is 0 Å². The van der Waals surface area contributed by atoms with Crippen molar-refractivity contribution in [3.05, 3.63) is 96.6 Å². The molecule has 0 spiro atoms. The second-order valence-electron chi connectivity index (χ2n) is 11.0. The number of rotatable bonds is 10. The van der Waals surface area contributed by atoms with Crippen LogP contribution in [0.15, 0.2) is 91.0 Å². The maximum Gasteiger partial charge on any atom is 0.261 e. The van der Waals surface area contributed by atoms with E-state index in [0.717, 1.165) is 15.9 Å². The number of benzene rings is 3. The average molecular weight is 534 g/mol. The zero-order valence-corrected chi connectivity index (χ0v) is 23.4. The molecule has 1 heterocycles. The fourth-order valence-corrected chi connectivity index (χ4v) is 9.96. The number of aliphatic hydroxyl groups is 2. The van der Waals surface area contributed by atoms with Crippen LogP contribution in [0.1, 0.15) is 39.2 Å². The van der Waals surface area contributed by atoms with Gasteiger partial charge in [-0.15, -0.1) is 0 Å². The van der Waals surface area contributed by atoms with Crippen LogP contribution in [0.3, 0.4) is 0 Å². The van der Waals surface area contributed by atoms with Crippen molar-refractivity contribution in [2.45, 2.75) is 69.6 Å². The molecule has 0 aromatic heterocycles. The number of amides is 1. The molecule has 3 aromatic rings. The van der Waals surface area contributed by atoms with Crippen molar-refractivity contribution in [3.63, 3.8) is 0 Å². The fraction of sp³-hybridized carbons (Fsp3) is 0.387. The Kier molecular flexibility index (Phi) is 9.18. The first kappa shape index (κ1) is 28.2. The van der Waals surface area contributed by atoms with Crippen molar-refractivity contribution in [2.75, 3.05) is 6.61 Å². The third kappa shape index (κ3) is 6.25. The van der Waals surface area contributed by atoms with Gasteiger partial charge in [-0.25, -0.2) is 0 Å². The lowest BCUT2D eigenvalue weighted by Crippen LogP contribution is -2.67. The normalized spacial score (nSPS) is 20.0. The van der Waals surface area contributed by atoms with Crippen LogP contribution < -0.4 is 15.7 Å². The molecule has 3 aromatic carbocycles. The van der Waals surface area contributed by atoms with Gasteiger partial charge in [0, 0.05) is 6.42 Å². The Morgan fingerprint density at radius 2 is 1.42 bits per heavy atom. The van der Waals surface area contributed by atoms with Crippen molar-refractivity contribution in [2.24, 2.45) is 0 Å². The molecule has 3 N–H and O–H groups in total. The molecule has 1 amide bonds. The maximum atomic E-state index is 12.3. The van der Waals surface area contributed by atoms with Gasteiger partial charge < -0.3 is 24.7 Å². The third-order valence-electron chi connectivity index (χ3n) is 7.34. The predicted octanol–water partition coefficient (Wildman–Crippen LogP) is 3.15. The van der Waals surface area contributed by atoms with Gasteiger partial charge in [-0.05, 0) is 27.4 Å². The number of ether oxygens (including phenoxy) is 1. The van der Waals surface area contributed by atoms with Crippen LogP contribution in [0.2, 0.25) is 5.04 Å². The summed E-state index contributed by atoms with van der Waals surface area (Å²) in [5.41, 5.74) is 1.01. The average Bonchev–Trinajstić information content (AvgIpc) is 2.93. The molecular weight excluding hydrogens is 494 g/mol. The van der Waals surface area contributed by atoms with Crippen molar-refractivity contribution >= 4 is 24.6 Å². The predicted molar refractivity (Wildman–Crippen MR) is 152 cm³/mol. The van der Waals surface area contributed by atoms with Gasteiger partial charge >= 0.3 is 0 Å². The van der Waals surface area contributed by atoms with E-state index in [2.05, 4.69) is 50.4 Å². The lowest BCUT2D eigenvalue weighted by Gasteiger charge is -2.44. The molecular formula is C31H39NO5Si. The van der Waals surface area contributed by atoms with E-state index in [-0.39, 0.29) is 17.6 Å². The molecule has 202 valence electrons. The zero-order valence-electron chi connectivity index (χ0n) is 22.4. The van der Waals surface area contributed by atoms with Crippen molar-refractivity contribution in [1.82, 2.24) is 5.32 Å². The number of carbonyl (C=O) groups excluding carboxylic acids is 1. The monoisotopic (exact) mass is 533 g/mol. The molecule has 0 bridgehead atoms. The summed E-state index contributed by atoms with van der Waals surface area (Å²) < 4.78 is 12.9.